The zero-order valence-corrected chi connectivity index (χ0v) is 9.57. The topological polar surface area (TPSA) is 47.3 Å². The molecular formula is C11H19N3O. The van der Waals surface area contributed by atoms with Crippen LogP contribution in [0.1, 0.15) is 26.7 Å². The zero-order valence-electron chi connectivity index (χ0n) is 9.57. The minimum Gasteiger partial charge on any atom is -0.340 e. The van der Waals surface area contributed by atoms with Gasteiger partial charge in [-0.05, 0) is 6.42 Å². The van der Waals surface area contributed by atoms with Crippen molar-refractivity contribution in [1.82, 2.24) is 9.80 Å². The summed E-state index contributed by atoms with van der Waals surface area (Å²) in [5, 5.41) is 9.01. The van der Waals surface area contributed by atoms with Gasteiger partial charge in [0.15, 0.2) is 0 Å². The Labute approximate surface area is 91.5 Å². The lowest BCUT2D eigenvalue weighted by Crippen LogP contribution is -2.51. The Bertz CT molecular complexity index is 251. The molecule has 0 radical (unpaired) electrons. The van der Waals surface area contributed by atoms with Crippen LogP contribution in [-0.2, 0) is 4.79 Å². The van der Waals surface area contributed by atoms with Gasteiger partial charge in [0.1, 0.15) is 0 Å². The van der Waals surface area contributed by atoms with Gasteiger partial charge in [0, 0.05) is 33.1 Å². The van der Waals surface area contributed by atoms with E-state index in [1.807, 2.05) is 4.90 Å². The molecule has 1 heterocycles. The van der Waals surface area contributed by atoms with Crippen LogP contribution >= 0.6 is 0 Å². The van der Waals surface area contributed by atoms with Crippen molar-refractivity contribution < 1.29 is 4.79 Å². The fraction of sp³-hybridized carbons (Fsp3) is 0.818. The van der Waals surface area contributed by atoms with Crippen LogP contribution < -0.4 is 0 Å². The number of hydrogen-bond acceptors (Lipinski definition) is 3. The second-order valence-corrected chi connectivity index (χ2v) is 3.98. The molecular weight excluding hydrogens is 190 g/mol. The Balaban J connectivity index is 2.42. The van der Waals surface area contributed by atoms with Gasteiger partial charge < -0.3 is 4.90 Å². The fourth-order valence-electron chi connectivity index (χ4n) is 1.95. The molecule has 0 aromatic heterocycles. The Morgan fingerprint density at radius 3 is 2.40 bits per heavy atom. The van der Waals surface area contributed by atoms with Gasteiger partial charge in [-0.2, -0.15) is 5.26 Å². The number of piperazine rings is 1. The monoisotopic (exact) mass is 209 g/mol. The first kappa shape index (κ1) is 12.0. The van der Waals surface area contributed by atoms with Crippen LogP contribution in [0.25, 0.3) is 0 Å². The molecule has 15 heavy (non-hydrogen) atoms. The van der Waals surface area contributed by atoms with E-state index in [4.69, 9.17) is 5.26 Å². The van der Waals surface area contributed by atoms with Crippen molar-refractivity contribution in [3.63, 3.8) is 0 Å². The largest absolute Gasteiger partial charge is 0.340 e. The number of hydrogen-bond donors (Lipinski definition) is 0. The Hall–Kier alpha value is -1.08. The van der Waals surface area contributed by atoms with Crippen LogP contribution in [0.5, 0.6) is 0 Å². The Kier molecular flexibility index (Phi) is 4.57. The van der Waals surface area contributed by atoms with Crippen molar-refractivity contribution in [1.29, 1.82) is 5.26 Å². The lowest BCUT2D eigenvalue weighted by Gasteiger charge is -2.36. The highest BCUT2D eigenvalue weighted by Crippen LogP contribution is 2.10. The van der Waals surface area contributed by atoms with Gasteiger partial charge in [0.05, 0.1) is 12.1 Å². The molecule has 0 N–H and O–H groups in total. The standard InChI is InChI=1S/C11H19N3O/c1-3-4-11(9-12)14-7-5-13(6-8-14)10(2)15/h11H,3-8H2,1-2H3. The highest BCUT2D eigenvalue weighted by atomic mass is 16.2. The van der Waals surface area contributed by atoms with Crippen LogP contribution in [0.3, 0.4) is 0 Å². The number of amides is 1. The van der Waals surface area contributed by atoms with Crippen LogP contribution in [-0.4, -0.2) is 47.9 Å². The Morgan fingerprint density at radius 1 is 1.40 bits per heavy atom. The predicted molar refractivity (Wildman–Crippen MR) is 58.1 cm³/mol. The Morgan fingerprint density at radius 2 is 2.00 bits per heavy atom. The minimum absolute atomic E-state index is 0.0316. The maximum Gasteiger partial charge on any atom is 0.219 e. The van der Waals surface area contributed by atoms with Gasteiger partial charge in [-0.15, -0.1) is 0 Å². The first-order valence-corrected chi connectivity index (χ1v) is 5.58. The van der Waals surface area contributed by atoms with Crippen LogP contribution in [0, 0.1) is 11.3 Å². The second kappa shape index (κ2) is 5.72. The van der Waals surface area contributed by atoms with Gasteiger partial charge in [-0.1, -0.05) is 13.3 Å². The molecule has 0 aromatic carbocycles. The van der Waals surface area contributed by atoms with Crippen molar-refractivity contribution in [3.8, 4) is 6.07 Å². The van der Waals surface area contributed by atoms with E-state index >= 15 is 0 Å². The van der Waals surface area contributed by atoms with Crippen LogP contribution in [0.4, 0.5) is 0 Å². The molecule has 1 fully saturated rings. The number of nitrogens with zero attached hydrogens (tertiary/aromatic N) is 3. The molecule has 0 aromatic rings. The highest BCUT2D eigenvalue weighted by Gasteiger charge is 2.23. The summed E-state index contributed by atoms with van der Waals surface area (Å²) in [7, 11) is 0. The van der Waals surface area contributed by atoms with E-state index in [0.29, 0.717) is 0 Å². The molecule has 1 aliphatic heterocycles. The average molecular weight is 209 g/mol. The van der Waals surface area contributed by atoms with Gasteiger partial charge >= 0.3 is 0 Å². The van der Waals surface area contributed by atoms with Crippen LogP contribution in [0.15, 0.2) is 0 Å². The van der Waals surface area contributed by atoms with Crippen molar-refractivity contribution in [3.05, 3.63) is 0 Å². The molecule has 1 amide bonds. The van der Waals surface area contributed by atoms with E-state index in [-0.39, 0.29) is 11.9 Å². The highest BCUT2D eigenvalue weighted by molar-refractivity contribution is 5.73. The molecule has 4 nitrogen and oxygen atoms in total. The van der Waals surface area contributed by atoms with E-state index in [0.717, 1.165) is 39.0 Å². The average Bonchev–Trinajstić information content (AvgIpc) is 2.26. The molecule has 0 bridgehead atoms. The van der Waals surface area contributed by atoms with Crippen molar-refractivity contribution in [2.24, 2.45) is 0 Å². The molecule has 1 rings (SSSR count). The lowest BCUT2D eigenvalue weighted by atomic mass is 10.1. The van der Waals surface area contributed by atoms with Gasteiger partial charge in [-0.3, -0.25) is 9.69 Å². The van der Waals surface area contributed by atoms with Crippen molar-refractivity contribution in [2.45, 2.75) is 32.7 Å². The number of rotatable bonds is 3. The maximum atomic E-state index is 11.1. The van der Waals surface area contributed by atoms with Crippen molar-refractivity contribution in [2.75, 3.05) is 26.2 Å². The lowest BCUT2D eigenvalue weighted by molar-refractivity contribution is -0.130. The quantitative estimate of drug-likeness (QED) is 0.692. The molecule has 4 heteroatoms. The third-order valence-electron chi connectivity index (χ3n) is 2.91. The van der Waals surface area contributed by atoms with Gasteiger partial charge in [0.25, 0.3) is 0 Å². The molecule has 84 valence electrons. The van der Waals surface area contributed by atoms with E-state index in [1.165, 1.54) is 0 Å². The van der Waals surface area contributed by atoms with E-state index in [9.17, 15) is 4.79 Å². The summed E-state index contributed by atoms with van der Waals surface area (Å²) in [6.45, 7) is 6.88. The summed E-state index contributed by atoms with van der Waals surface area (Å²) in [5.74, 6) is 0.138. The molecule has 0 spiro atoms. The summed E-state index contributed by atoms with van der Waals surface area (Å²) in [4.78, 5) is 15.1. The predicted octanol–water partition coefficient (Wildman–Crippen LogP) is 0.843. The first-order valence-electron chi connectivity index (χ1n) is 5.58. The van der Waals surface area contributed by atoms with Gasteiger partial charge in [0.2, 0.25) is 5.91 Å². The molecule has 0 saturated carbocycles. The number of carbonyl (C=O) groups is 1. The molecule has 1 atom stereocenters. The molecule has 1 unspecified atom stereocenters. The van der Waals surface area contributed by atoms with Crippen LogP contribution in [0.2, 0.25) is 0 Å². The minimum atomic E-state index is 0.0316. The van der Waals surface area contributed by atoms with E-state index < -0.39 is 0 Å². The summed E-state index contributed by atoms with van der Waals surface area (Å²) < 4.78 is 0. The molecule has 0 aliphatic carbocycles. The smallest absolute Gasteiger partial charge is 0.219 e. The van der Waals surface area contributed by atoms with Gasteiger partial charge in [-0.25, -0.2) is 0 Å². The molecule has 1 saturated heterocycles. The summed E-state index contributed by atoms with van der Waals surface area (Å²) in [6.07, 6.45) is 1.96. The van der Waals surface area contributed by atoms with E-state index in [2.05, 4.69) is 17.9 Å². The second-order valence-electron chi connectivity index (χ2n) is 3.98. The third-order valence-corrected chi connectivity index (χ3v) is 2.91. The summed E-state index contributed by atoms with van der Waals surface area (Å²) >= 11 is 0. The zero-order chi connectivity index (χ0) is 11.3. The maximum absolute atomic E-state index is 11.1. The number of carbonyl (C=O) groups excluding carboxylic acids is 1. The first-order chi connectivity index (χ1) is 7.19. The van der Waals surface area contributed by atoms with Crippen molar-refractivity contribution >= 4 is 5.91 Å². The normalized spacial score (nSPS) is 19.7. The SMILES string of the molecule is CCCC(C#N)N1CCN(C(C)=O)CC1. The molecule has 1 aliphatic rings. The van der Waals surface area contributed by atoms with E-state index in [1.54, 1.807) is 6.92 Å². The fourth-order valence-corrected chi connectivity index (χ4v) is 1.95. The number of nitriles is 1. The summed E-state index contributed by atoms with van der Waals surface area (Å²) in [6, 6.07) is 2.37. The third kappa shape index (κ3) is 3.21. The summed E-state index contributed by atoms with van der Waals surface area (Å²) in [5.41, 5.74) is 0.